The minimum Gasteiger partial charge on any atom is -0.446 e. The number of allylic oxidation sites excluding steroid dienone is 1. The Balaban J connectivity index is 2.61. The summed E-state index contributed by atoms with van der Waals surface area (Å²) in [4.78, 5) is 12.2. The third kappa shape index (κ3) is 1.71. The molecule has 1 rings (SSSR count). The maximum Gasteiger partial charge on any atom is 0.414 e. The van der Waals surface area contributed by atoms with Crippen LogP contribution in [0.3, 0.4) is 0 Å². The van der Waals surface area contributed by atoms with E-state index in [2.05, 4.69) is 11.3 Å². The molecule has 0 aromatic carbocycles. The van der Waals surface area contributed by atoms with Crippen LogP contribution in [0.15, 0.2) is 12.3 Å². The average molecular weight is 157 g/mol. The van der Waals surface area contributed by atoms with Gasteiger partial charge >= 0.3 is 6.09 Å². The second kappa shape index (κ2) is 2.92. The van der Waals surface area contributed by atoms with Gasteiger partial charge in [0.1, 0.15) is 12.7 Å². The van der Waals surface area contributed by atoms with Crippen molar-refractivity contribution in [2.45, 2.75) is 13.0 Å². The van der Waals surface area contributed by atoms with E-state index < -0.39 is 12.2 Å². The summed E-state index contributed by atoms with van der Waals surface area (Å²) >= 11 is 0. The molecule has 11 heavy (non-hydrogen) atoms. The highest BCUT2D eigenvalue weighted by molar-refractivity contribution is 5.70. The van der Waals surface area contributed by atoms with Gasteiger partial charge in [0.2, 0.25) is 0 Å². The van der Waals surface area contributed by atoms with E-state index in [0.717, 1.165) is 0 Å². The zero-order valence-electron chi connectivity index (χ0n) is 6.41. The van der Waals surface area contributed by atoms with Crippen molar-refractivity contribution >= 4 is 6.09 Å². The lowest BCUT2D eigenvalue weighted by atomic mass is 10.3. The fraction of sp³-hybridized carbons (Fsp3) is 0.571. The van der Waals surface area contributed by atoms with Gasteiger partial charge in [-0.15, -0.1) is 0 Å². The van der Waals surface area contributed by atoms with Crippen LogP contribution in [0.25, 0.3) is 0 Å². The Labute approximate surface area is 65.1 Å². The molecule has 0 aliphatic carbocycles. The van der Waals surface area contributed by atoms with Crippen LogP contribution in [-0.2, 0) is 4.74 Å². The number of aliphatic hydroxyl groups is 1. The van der Waals surface area contributed by atoms with E-state index in [1.54, 1.807) is 6.92 Å². The molecule has 1 saturated heterocycles. The molecule has 1 N–H and O–H groups in total. The van der Waals surface area contributed by atoms with Crippen molar-refractivity contribution in [2.75, 3.05) is 13.2 Å². The lowest BCUT2D eigenvalue weighted by molar-refractivity contribution is 0.00460. The average Bonchev–Trinajstić information content (AvgIpc) is 1.94. The van der Waals surface area contributed by atoms with Gasteiger partial charge in [-0.3, -0.25) is 4.90 Å². The highest BCUT2D eigenvalue weighted by Crippen LogP contribution is 2.10. The highest BCUT2D eigenvalue weighted by atomic mass is 16.6. The molecule has 1 unspecified atom stereocenters. The van der Waals surface area contributed by atoms with Gasteiger partial charge in [0.25, 0.3) is 0 Å². The van der Waals surface area contributed by atoms with E-state index in [-0.39, 0.29) is 13.2 Å². The van der Waals surface area contributed by atoms with Crippen molar-refractivity contribution in [3.8, 4) is 0 Å². The van der Waals surface area contributed by atoms with Crippen molar-refractivity contribution < 1.29 is 14.6 Å². The molecule has 0 bridgehead atoms. The van der Waals surface area contributed by atoms with Gasteiger partial charge in [-0.05, 0) is 6.92 Å². The van der Waals surface area contributed by atoms with Crippen LogP contribution in [0, 0.1) is 0 Å². The van der Waals surface area contributed by atoms with Gasteiger partial charge in [0, 0.05) is 5.70 Å². The Hall–Kier alpha value is -1.03. The molecule has 1 amide bonds. The third-order valence-electron chi connectivity index (χ3n) is 1.47. The smallest absolute Gasteiger partial charge is 0.414 e. The predicted octanol–water partition coefficient (Wildman–Crippen LogP) is 0.333. The zero-order valence-corrected chi connectivity index (χ0v) is 6.41. The van der Waals surface area contributed by atoms with Gasteiger partial charge in [-0.25, -0.2) is 4.79 Å². The number of carbonyl (C=O) groups excluding carboxylic acids is 1. The first-order valence-electron chi connectivity index (χ1n) is 3.39. The van der Waals surface area contributed by atoms with Gasteiger partial charge in [0.05, 0.1) is 6.54 Å². The van der Waals surface area contributed by atoms with E-state index in [1.165, 1.54) is 4.90 Å². The van der Waals surface area contributed by atoms with Gasteiger partial charge < -0.3 is 9.84 Å². The molecule has 4 nitrogen and oxygen atoms in total. The molecule has 0 radical (unpaired) electrons. The first-order chi connectivity index (χ1) is 5.11. The lowest BCUT2D eigenvalue weighted by Gasteiger charge is -2.29. The van der Waals surface area contributed by atoms with Gasteiger partial charge in [0.15, 0.2) is 0 Å². The number of nitrogens with zero attached hydrogens (tertiary/aromatic N) is 1. The number of hydrogen-bond acceptors (Lipinski definition) is 3. The number of amides is 1. The maximum atomic E-state index is 10.9. The van der Waals surface area contributed by atoms with E-state index in [4.69, 9.17) is 5.11 Å². The number of carbonyl (C=O) groups is 1. The Morgan fingerprint density at radius 2 is 2.55 bits per heavy atom. The van der Waals surface area contributed by atoms with Crippen LogP contribution in [-0.4, -0.2) is 35.4 Å². The Bertz CT molecular complexity index is 190. The number of cyclic esters (lactones) is 1. The summed E-state index contributed by atoms with van der Waals surface area (Å²) in [5, 5.41) is 9.09. The van der Waals surface area contributed by atoms with Crippen LogP contribution < -0.4 is 0 Å². The summed E-state index contributed by atoms with van der Waals surface area (Å²) in [6.45, 7) is 5.64. The normalized spacial score (nSPS) is 24.7. The summed E-state index contributed by atoms with van der Waals surface area (Å²) in [5.74, 6) is 0. The van der Waals surface area contributed by atoms with Crippen LogP contribution in [0.1, 0.15) is 6.92 Å². The molecular formula is C7H11NO3. The monoisotopic (exact) mass is 157 g/mol. The second-order valence-electron chi connectivity index (χ2n) is 2.58. The topological polar surface area (TPSA) is 49.8 Å². The van der Waals surface area contributed by atoms with Crippen molar-refractivity contribution in [2.24, 2.45) is 0 Å². The van der Waals surface area contributed by atoms with Crippen molar-refractivity contribution in [3.05, 3.63) is 12.3 Å². The van der Waals surface area contributed by atoms with Crippen LogP contribution in [0.2, 0.25) is 0 Å². The number of ether oxygens (including phenoxy) is 1. The summed E-state index contributed by atoms with van der Waals surface area (Å²) < 4.78 is 4.64. The minimum atomic E-state index is -0.593. The fourth-order valence-corrected chi connectivity index (χ4v) is 0.895. The van der Waals surface area contributed by atoms with Crippen molar-refractivity contribution in [3.63, 3.8) is 0 Å². The predicted molar refractivity (Wildman–Crippen MR) is 38.9 cm³/mol. The molecular weight excluding hydrogens is 146 g/mol. The fourth-order valence-electron chi connectivity index (χ4n) is 0.895. The van der Waals surface area contributed by atoms with E-state index in [0.29, 0.717) is 5.70 Å². The van der Waals surface area contributed by atoms with Gasteiger partial charge in [-0.1, -0.05) is 6.58 Å². The minimum absolute atomic E-state index is 0.0859. The van der Waals surface area contributed by atoms with Crippen LogP contribution in [0.4, 0.5) is 4.79 Å². The summed E-state index contributed by atoms with van der Waals surface area (Å²) in [5.41, 5.74) is 0.591. The molecule has 0 spiro atoms. The van der Waals surface area contributed by atoms with E-state index >= 15 is 0 Å². The molecule has 62 valence electrons. The van der Waals surface area contributed by atoms with Gasteiger partial charge in [-0.2, -0.15) is 0 Å². The molecule has 0 saturated carbocycles. The summed E-state index contributed by atoms with van der Waals surface area (Å²) in [7, 11) is 0. The summed E-state index contributed by atoms with van der Waals surface area (Å²) in [6.07, 6.45) is -1.02. The molecule has 0 aromatic heterocycles. The van der Waals surface area contributed by atoms with Crippen molar-refractivity contribution in [1.82, 2.24) is 4.90 Å². The summed E-state index contributed by atoms with van der Waals surface area (Å²) in [6, 6.07) is 0. The molecule has 1 heterocycles. The first kappa shape index (κ1) is 8.07. The maximum absolute atomic E-state index is 10.9. The Morgan fingerprint density at radius 3 is 3.00 bits per heavy atom. The molecule has 1 atom stereocenters. The Morgan fingerprint density at radius 1 is 1.91 bits per heavy atom. The first-order valence-corrected chi connectivity index (χ1v) is 3.39. The third-order valence-corrected chi connectivity index (χ3v) is 1.47. The van der Waals surface area contributed by atoms with E-state index in [1.807, 2.05) is 0 Å². The zero-order chi connectivity index (χ0) is 8.43. The molecule has 0 aromatic rings. The number of β-amino-alcohol motifs (C(OH)–C–C–N with tert-alkyl or cyclic N) is 1. The second-order valence-corrected chi connectivity index (χ2v) is 2.58. The molecule has 1 aliphatic heterocycles. The molecule has 4 heteroatoms. The molecule has 1 aliphatic rings. The molecule has 1 fully saturated rings. The largest absolute Gasteiger partial charge is 0.446 e. The van der Waals surface area contributed by atoms with Crippen LogP contribution >= 0.6 is 0 Å². The SMILES string of the molecule is C=C(C)N1CC(O)COC1=O. The van der Waals surface area contributed by atoms with E-state index in [9.17, 15) is 4.79 Å². The Kier molecular flexibility index (Phi) is 2.14. The number of aliphatic hydroxyl groups excluding tert-OH is 1. The lowest BCUT2D eigenvalue weighted by Crippen LogP contribution is -2.44. The quantitative estimate of drug-likeness (QED) is 0.596. The standard InChI is InChI=1S/C7H11NO3/c1-5(2)8-3-6(9)4-11-7(8)10/h6,9H,1,3-4H2,2H3. The number of hydrogen-bond donors (Lipinski definition) is 1. The number of rotatable bonds is 1. The van der Waals surface area contributed by atoms with Crippen molar-refractivity contribution in [1.29, 1.82) is 0 Å². The highest BCUT2D eigenvalue weighted by Gasteiger charge is 2.25. The van der Waals surface area contributed by atoms with Crippen LogP contribution in [0.5, 0.6) is 0 Å².